The number of carbonyl (C=O) groups is 2. The van der Waals surface area contributed by atoms with Crippen molar-refractivity contribution in [2.75, 3.05) is 0 Å². The van der Waals surface area contributed by atoms with E-state index in [-0.39, 0.29) is 35.9 Å². The highest BCUT2D eigenvalue weighted by atomic mass is 32.1. The highest BCUT2D eigenvalue weighted by Crippen LogP contribution is 2.47. The van der Waals surface area contributed by atoms with Gasteiger partial charge in [-0.25, -0.2) is 0 Å². The maximum absolute atomic E-state index is 13.8. The molecule has 2 heterocycles. The van der Waals surface area contributed by atoms with Gasteiger partial charge < -0.3 is 10.2 Å². The highest BCUT2D eigenvalue weighted by molar-refractivity contribution is 7.10. The Bertz CT molecular complexity index is 927. The number of benzene rings is 1. The molecule has 0 radical (unpaired) electrons. The molecule has 2 saturated carbocycles. The molecule has 0 bridgehead atoms. The van der Waals surface area contributed by atoms with Crippen molar-refractivity contribution in [3.05, 3.63) is 57.8 Å². The van der Waals surface area contributed by atoms with Crippen molar-refractivity contribution in [3.8, 4) is 0 Å². The zero-order valence-corrected chi connectivity index (χ0v) is 19.1. The third-order valence-electron chi connectivity index (χ3n) is 7.57. The molecular formula is C26H32N2O2S. The van der Waals surface area contributed by atoms with Crippen molar-refractivity contribution in [1.82, 2.24) is 10.2 Å². The van der Waals surface area contributed by atoms with Crippen LogP contribution in [0.1, 0.15) is 91.0 Å². The quantitative estimate of drug-likeness (QED) is 0.672. The summed E-state index contributed by atoms with van der Waals surface area (Å²) in [6.45, 7) is 2.30. The molecule has 1 N–H and O–H groups in total. The number of nitrogens with zero attached hydrogens (tertiary/aromatic N) is 1. The van der Waals surface area contributed by atoms with Crippen LogP contribution in [-0.4, -0.2) is 28.8 Å². The summed E-state index contributed by atoms with van der Waals surface area (Å²) in [4.78, 5) is 30.7. The van der Waals surface area contributed by atoms with Gasteiger partial charge in [-0.1, -0.05) is 44.0 Å². The van der Waals surface area contributed by atoms with E-state index in [1.54, 1.807) is 11.3 Å². The maximum Gasteiger partial charge on any atom is 0.254 e. The third-order valence-corrected chi connectivity index (χ3v) is 8.52. The maximum atomic E-state index is 13.8. The second-order valence-corrected chi connectivity index (χ2v) is 10.6. The van der Waals surface area contributed by atoms with E-state index >= 15 is 0 Å². The van der Waals surface area contributed by atoms with E-state index in [0.29, 0.717) is 5.56 Å². The van der Waals surface area contributed by atoms with Crippen LogP contribution in [0.3, 0.4) is 0 Å². The van der Waals surface area contributed by atoms with Gasteiger partial charge in [0.15, 0.2) is 0 Å². The normalized spacial score (nSPS) is 29.1. The fourth-order valence-electron chi connectivity index (χ4n) is 5.88. The molecule has 31 heavy (non-hydrogen) atoms. The number of thiophene rings is 1. The van der Waals surface area contributed by atoms with Crippen molar-refractivity contribution >= 4 is 23.2 Å². The van der Waals surface area contributed by atoms with E-state index in [1.807, 2.05) is 30.3 Å². The van der Waals surface area contributed by atoms with Gasteiger partial charge in [0.2, 0.25) is 5.91 Å². The average molecular weight is 437 g/mol. The van der Waals surface area contributed by atoms with E-state index in [1.165, 1.54) is 12.8 Å². The Balaban J connectivity index is 1.54. The summed E-state index contributed by atoms with van der Waals surface area (Å²) in [7, 11) is 0. The summed E-state index contributed by atoms with van der Waals surface area (Å²) in [5.41, 5.74) is 1.60. The largest absolute Gasteiger partial charge is 0.353 e. The first kappa shape index (κ1) is 20.7. The van der Waals surface area contributed by atoms with Crippen LogP contribution >= 0.6 is 11.3 Å². The topological polar surface area (TPSA) is 49.4 Å². The van der Waals surface area contributed by atoms with Gasteiger partial charge in [-0.3, -0.25) is 9.59 Å². The molecule has 1 aromatic heterocycles. The Morgan fingerprint density at radius 2 is 1.74 bits per heavy atom. The molecule has 2 fully saturated rings. The number of nitrogens with one attached hydrogen (secondary N) is 1. The molecular weight excluding hydrogens is 404 g/mol. The first-order chi connectivity index (χ1) is 15.1. The predicted octanol–water partition coefficient (Wildman–Crippen LogP) is 5.67. The lowest BCUT2D eigenvalue weighted by molar-refractivity contribution is -0.125. The molecule has 3 aliphatic rings. The first-order valence-corrected chi connectivity index (χ1v) is 12.8. The van der Waals surface area contributed by atoms with Gasteiger partial charge in [0, 0.05) is 22.5 Å². The molecule has 1 aromatic carbocycles. The molecule has 4 nitrogen and oxygen atoms in total. The molecule has 2 aromatic rings. The molecule has 5 heteroatoms. The predicted molar refractivity (Wildman–Crippen MR) is 124 cm³/mol. The zero-order chi connectivity index (χ0) is 21.4. The van der Waals surface area contributed by atoms with Crippen LogP contribution < -0.4 is 5.32 Å². The van der Waals surface area contributed by atoms with Crippen LogP contribution in [0, 0.1) is 5.92 Å². The van der Waals surface area contributed by atoms with Crippen LogP contribution in [0.15, 0.2) is 41.8 Å². The third kappa shape index (κ3) is 3.93. The minimum atomic E-state index is -0.354. The summed E-state index contributed by atoms with van der Waals surface area (Å²) >= 11 is 1.66. The number of hydrogen-bond donors (Lipinski definition) is 1. The van der Waals surface area contributed by atoms with Crippen LogP contribution in [0.4, 0.5) is 0 Å². The lowest BCUT2D eigenvalue weighted by Crippen LogP contribution is -2.52. The molecule has 0 saturated heterocycles. The monoisotopic (exact) mass is 436 g/mol. The SMILES string of the molecule is CC1CCC(NC(=O)[C@H]2c3ccccc3C(=O)N(C3CCCC3)[C@H]2c2cccs2)CC1. The number of carbonyl (C=O) groups excluding carboxylic acids is 2. The number of hydrogen-bond acceptors (Lipinski definition) is 3. The van der Waals surface area contributed by atoms with Crippen LogP contribution in [0.25, 0.3) is 0 Å². The van der Waals surface area contributed by atoms with E-state index in [2.05, 4.69) is 28.6 Å². The molecule has 5 rings (SSSR count). The Morgan fingerprint density at radius 3 is 2.45 bits per heavy atom. The van der Waals surface area contributed by atoms with Gasteiger partial charge in [-0.15, -0.1) is 11.3 Å². The molecule has 0 spiro atoms. The zero-order valence-electron chi connectivity index (χ0n) is 18.3. The van der Waals surface area contributed by atoms with Gasteiger partial charge in [-0.2, -0.15) is 0 Å². The number of fused-ring (bicyclic) bond motifs is 1. The van der Waals surface area contributed by atoms with Crippen LogP contribution in [-0.2, 0) is 4.79 Å². The van der Waals surface area contributed by atoms with Crippen molar-refractivity contribution in [1.29, 1.82) is 0 Å². The van der Waals surface area contributed by atoms with E-state index < -0.39 is 0 Å². The fourth-order valence-corrected chi connectivity index (χ4v) is 6.74. The van der Waals surface area contributed by atoms with Gasteiger partial charge in [0.25, 0.3) is 5.91 Å². The standard InChI is InChI=1S/C26H32N2O2S/c1-17-12-14-18(15-13-17)27-25(29)23-20-9-4-5-10-21(20)26(30)28(19-7-2-3-8-19)24(23)22-11-6-16-31-22/h4-6,9-11,16-19,23-24H,2-3,7-8,12-15H2,1H3,(H,27,29)/t17?,18?,23-,24-/m0/s1. The van der Waals surface area contributed by atoms with Crippen LogP contribution in [0.2, 0.25) is 0 Å². The lowest BCUT2D eigenvalue weighted by atomic mass is 9.80. The summed E-state index contributed by atoms with van der Waals surface area (Å²) in [5, 5.41) is 5.46. The molecule has 2 amide bonds. The van der Waals surface area contributed by atoms with Crippen molar-refractivity contribution < 1.29 is 9.59 Å². The second kappa shape index (κ2) is 8.78. The first-order valence-electron chi connectivity index (χ1n) is 11.9. The average Bonchev–Trinajstić information content (AvgIpc) is 3.49. The molecule has 164 valence electrons. The number of amides is 2. The van der Waals surface area contributed by atoms with Crippen molar-refractivity contribution in [2.45, 2.75) is 82.3 Å². The molecule has 1 aliphatic heterocycles. The second-order valence-electron chi connectivity index (χ2n) is 9.64. The fraction of sp³-hybridized carbons (Fsp3) is 0.538. The Labute approximate surface area is 189 Å². The van der Waals surface area contributed by atoms with E-state index in [9.17, 15) is 9.59 Å². The minimum absolute atomic E-state index is 0.0842. The summed E-state index contributed by atoms with van der Waals surface area (Å²) in [6, 6.07) is 12.2. The minimum Gasteiger partial charge on any atom is -0.353 e. The molecule has 0 unspecified atom stereocenters. The summed E-state index contributed by atoms with van der Waals surface area (Å²) in [5.74, 6) is 0.572. The lowest BCUT2D eigenvalue weighted by Gasteiger charge is -2.44. The van der Waals surface area contributed by atoms with Gasteiger partial charge in [0.05, 0.1) is 12.0 Å². The molecule has 2 atom stereocenters. The van der Waals surface area contributed by atoms with E-state index in [4.69, 9.17) is 0 Å². The number of rotatable bonds is 4. The highest BCUT2D eigenvalue weighted by Gasteiger charge is 2.47. The van der Waals surface area contributed by atoms with Crippen molar-refractivity contribution in [2.24, 2.45) is 5.92 Å². The molecule has 2 aliphatic carbocycles. The van der Waals surface area contributed by atoms with E-state index in [0.717, 1.165) is 54.9 Å². The summed E-state index contributed by atoms with van der Waals surface area (Å²) in [6.07, 6.45) is 8.83. The van der Waals surface area contributed by atoms with Gasteiger partial charge >= 0.3 is 0 Å². The van der Waals surface area contributed by atoms with Gasteiger partial charge in [0.1, 0.15) is 0 Å². The summed E-state index contributed by atoms with van der Waals surface area (Å²) < 4.78 is 0. The van der Waals surface area contributed by atoms with Crippen LogP contribution in [0.5, 0.6) is 0 Å². The Hall–Kier alpha value is -2.14. The smallest absolute Gasteiger partial charge is 0.254 e. The Morgan fingerprint density at radius 1 is 1.00 bits per heavy atom. The van der Waals surface area contributed by atoms with Gasteiger partial charge in [-0.05, 0) is 67.5 Å². The van der Waals surface area contributed by atoms with Crippen molar-refractivity contribution in [3.63, 3.8) is 0 Å². The Kier molecular flexibility index (Phi) is 5.87.